The first-order valence-corrected chi connectivity index (χ1v) is 19.5. The Morgan fingerprint density at radius 3 is 1.16 bits per heavy atom. The van der Waals surface area contributed by atoms with Gasteiger partial charge in [-0.05, 0) is 84.7 Å². The van der Waals surface area contributed by atoms with Crippen molar-refractivity contribution in [2.24, 2.45) is 0 Å². The van der Waals surface area contributed by atoms with E-state index in [-0.39, 0.29) is 125 Å². The van der Waals surface area contributed by atoms with E-state index in [1.54, 1.807) is 24.3 Å². The fourth-order valence-electron chi connectivity index (χ4n) is 4.86. The number of aromatic hydroxyl groups is 2. The minimum absolute atomic E-state index is 0. The fraction of sp³-hybridized carbons (Fsp3) is 0.556. The van der Waals surface area contributed by atoms with Crippen molar-refractivity contribution >= 4 is 42.4 Å². The van der Waals surface area contributed by atoms with Crippen molar-refractivity contribution in [1.82, 2.24) is 0 Å². The molecule has 2 aromatic rings. The molecule has 0 spiro atoms. The van der Waals surface area contributed by atoms with Gasteiger partial charge in [-0.1, -0.05) is 38.1 Å². The summed E-state index contributed by atoms with van der Waals surface area (Å²) >= 11 is 0.770. The quantitative estimate of drug-likeness (QED) is 0.0319. The predicted molar refractivity (Wildman–Crippen MR) is 160 cm³/mol. The van der Waals surface area contributed by atoms with Gasteiger partial charge in [0.2, 0.25) is 0 Å². The molecule has 2 N–H and O–H groups in total. The summed E-state index contributed by atoms with van der Waals surface area (Å²) in [6.45, 7) is 3.66. The summed E-state index contributed by atoms with van der Waals surface area (Å²) in [5, 5.41) is 35.3. The molecule has 0 aliphatic heterocycles. The summed E-state index contributed by atoms with van der Waals surface area (Å²) in [4.78, 5) is 0. The molecular formula is C27H36Li4O14S4. The Morgan fingerprint density at radius 2 is 0.898 bits per heavy atom. The maximum Gasteiger partial charge on any atom is 1.00 e. The second-order valence-corrected chi connectivity index (χ2v) is 16.4. The van der Waals surface area contributed by atoms with Crippen LogP contribution in [0.1, 0.15) is 72.9 Å². The molecule has 0 amide bonds. The van der Waals surface area contributed by atoms with E-state index in [9.17, 15) is 54.4 Å². The van der Waals surface area contributed by atoms with Crippen LogP contribution >= 0.6 is 12.0 Å². The zero-order valence-electron chi connectivity index (χ0n) is 28.7. The zero-order chi connectivity index (χ0) is 34.1. The van der Waals surface area contributed by atoms with E-state index in [2.05, 4.69) is 9.37 Å². The van der Waals surface area contributed by atoms with Gasteiger partial charge >= 0.3 is 75.4 Å². The summed E-state index contributed by atoms with van der Waals surface area (Å²) in [6.07, 6.45) is 0.604. The van der Waals surface area contributed by atoms with E-state index < -0.39 is 53.0 Å². The van der Waals surface area contributed by atoms with Crippen LogP contribution in [-0.4, -0.2) is 72.1 Å². The van der Waals surface area contributed by atoms with Crippen LogP contribution in [0, 0.1) is 0 Å². The second-order valence-electron chi connectivity index (χ2n) is 11.1. The Balaban J connectivity index is -0.00000529. The van der Waals surface area contributed by atoms with Gasteiger partial charge in [-0.3, -0.25) is 5.04 Å². The molecule has 2 rings (SSSR count). The Labute approximate surface area is 341 Å². The van der Waals surface area contributed by atoms with Crippen LogP contribution in [0.4, 0.5) is 0 Å². The van der Waals surface area contributed by atoms with Crippen LogP contribution in [0.2, 0.25) is 0 Å². The molecule has 0 aromatic heterocycles. The summed E-state index contributed by atoms with van der Waals surface area (Å²) in [5.41, 5.74) is 1.85. The van der Waals surface area contributed by atoms with Crippen molar-refractivity contribution < 1.29 is 139 Å². The van der Waals surface area contributed by atoms with E-state index in [0.717, 1.165) is 12.0 Å². The van der Waals surface area contributed by atoms with Crippen LogP contribution < -0.4 is 80.7 Å². The first-order chi connectivity index (χ1) is 20.7. The molecule has 0 atom stereocenters. The third-order valence-corrected chi connectivity index (χ3v) is 10.2. The van der Waals surface area contributed by atoms with Crippen LogP contribution in [0.25, 0.3) is 0 Å². The van der Waals surface area contributed by atoms with Crippen molar-refractivity contribution in [2.45, 2.75) is 70.6 Å². The van der Waals surface area contributed by atoms with Gasteiger partial charge in [-0.15, -0.1) is 0 Å². The molecule has 2 aromatic carbocycles. The minimum Gasteiger partial charge on any atom is -0.748 e. The first-order valence-electron chi connectivity index (χ1n) is 13.8. The zero-order valence-corrected chi connectivity index (χ0v) is 32.0. The largest absolute Gasteiger partial charge is 1.00 e. The normalized spacial score (nSPS) is 11.9. The van der Waals surface area contributed by atoms with Crippen molar-refractivity contribution in [2.75, 3.05) is 23.0 Å². The van der Waals surface area contributed by atoms with Crippen LogP contribution in [0.15, 0.2) is 24.3 Å². The van der Waals surface area contributed by atoms with Gasteiger partial charge in [0, 0.05) is 40.5 Å². The second kappa shape index (κ2) is 23.9. The maximum absolute atomic E-state index is 11.2. The molecule has 0 saturated carbocycles. The van der Waals surface area contributed by atoms with E-state index in [0.29, 0.717) is 52.0 Å². The van der Waals surface area contributed by atoms with Gasteiger partial charge in [-0.2, -0.15) is 4.33 Å². The van der Waals surface area contributed by atoms with Crippen molar-refractivity contribution in [1.29, 1.82) is 0 Å². The number of hydrogen-bond donors (Lipinski definition) is 2. The van der Waals surface area contributed by atoms with Gasteiger partial charge in [0.25, 0.3) is 0 Å². The molecule has 0 unspecified atom stereocenters. The van der Waals surface area contributed by atoms with E-state index >= 15 is 0 Å². The van der Waals surface area contributed by atoms with Crippen molar-refractivity contribution in [3.05, 3.63) is 57.6 Å². The molecule has 0 saturated heterocycles. The molecule has 14 nitrogen and oxygen atoms in total. The Bertz CT molecular complexity index is 1580. The third kappa shape index (κ3) is 19.9. The van der Waals surface area contributed by atoms with Gasteiger partial charge in [0.1, 0.15) is 11.5 Å². The molecule has 49 heavy (non-hydrogen) atoms. The minimum atomic E-state index is -4.52. The standard InChI is InChI=1S/C27H40O14S4.4Li/c1-27(2,23-15-19(7-3-11-42-41-40-30)25(28)20(16-23)8-4-12-43(31,32)33)24-17-21(9-5-13-44(34,35)36)26(29)22(18-24)10-6-14-45(37,38)39;;;;/h15-18,28-30H,3-14H2,1-2H3,(H,31,32,33)(H,34,35,36)(H,37,38,39);;;;/q;4*+1/p-4. The molecule has 0 fully saturated rings. The third-order valence-electron chi connectivity index (χ3n) is 7.25. The molecule has 0 heterocycles. The fourth-order valence-corrected chi connectivity index (χ4v) is 6.73. The maximum atomic E-state index is 11.2. The monoisotopic (exact) mass is 740 g/mol. The molecular weight excluding hydrogens is 704 g/mol. The molecule has 256 valence electrons. The van der Waals surface area contributed by atoms with Crippen LogP contribution in [0.3, 0.4) is 0 Å². The Morgan fingerprint density at radius 1 is 0.612 bits per heavy atom. The molecule has 0 bridgehead atoms. The van der Waals surface area contributed by atoms with Gasteiger partial charge in [0.05, 0.1) is 30.4 Å². The molecule has 0 aliphatic rings. The molecule has 22 heteroatoms. The van der Waals surface area contributed by atoms with E-state index in [1.165, 1.54) is 0 Å². The number of rotatable bonds is 20. The average molecular weight is 741 g/mol. The average Bonchev–Trinajstić information content (AvgIpc) is 2.89. The summed E-state index contributed by atoms with van der Waals surface area (Å²) < 4.78 is 105. The summed E-state index contributed by atoms with van der Waals surface area (Å²) in [7, 11) is -13.5. The Hall–Kier alpha value is 0.390. The van der Waals surface area contributed by atoms with Gasteiger partial charge in [-0.25, -0.2) is 25.3 Å². The number of hydrogen-bond acceptors (Lipinski definition) is 15. The number of phenolic OH excluding ortho intramolecular Hbond substituents is 2. The molecule has 0 radical (unpaired) electrons. The smallest absolute Gasteiger partial charge is 0.748 e. The SMILES string of the molecule is CC(C)(c1cc(CCCSOO[O-])c(O)c(CCCS(=O)(=O)[O-])c1)c1cc(CCCS(=O)(=O)[O-])c(O)c(CCCS(=O)(=O)[O-])c1.[Li+].[Li+].[Li+].[Li+]. The number of benzene rings is 2. The van der Waals surface area contributed by atoms with Crippen molar-refractivity contribution in [3.8, 4) is 11.5 Å². The van der Waals surface area contributed by atoms with E-state index in [4.69, 9.17) is 0 Å². The summed E-state index contributed by atoms with van der Waals surface area (Å²) in [6, 6.07) is 6.67. The van der Waals surface area contributed by atoms with Gasteiger partial charge in [0.15, 0.2) is 0 Å². The first kappa shape index (κ1) is 53.7. The summed E-state index contributed by atoms with van der Waals surface area (Å²) in [5.74, 6) is -1.94. The van der Waals surface area contributed by atoms with E-state index in [1.807, 2.05) is 13.8 Å². The van der Waals surface area contributed by atoms with Gasteiger partial charge < -0.3 is 29.1 Å². The molecule has 0 aliphatic carbocycles. The predicted octanol–water partition coefficient (Wildman–Crippen LogP) is -10.3. The van der Waals surface area contributed by atoms with Crippen LogP contribution in [0.5, 0.6) is 11.5 Å². The van der Waals surface area contributed by atoms with Crippen molar-refractivity contribution in [3.63, 3.8) is 0 Å². The number of phenols is 2. The van der Waals surface area contributed by atoms with Crippen LogP contribution in [-0.2, 0) is 70.8 Å². The topological polar surface area (TPSA) is 254 Å². The Kier molecular flexibility index (Phi) is 26.2. The number of aryl methyl sites for hydroxylation is 4.